The molecule has 2 aromatic heterocycles. The number of fused-ring (bicyclic) bond motifs is 6. The zero-order valence-electron chi connectivity index (χ0n) is 30.0. The summed E-state index contributed by atoms with van der Waals surface area (Å²) < 4.78 is 69.5. The standard InChI is InChI=1S/C38H41F4N5O3SSi/c1-18(2)52(19(3)4,20(5)6)16-15-23-25(39)13-11-21-9-8-10-24(27(21)23)30-29(40)31-28-35(45-37(44-31)51-7)46-17-22-12-14-26(47(22)38(48)49)32(46)33(34(41)42)50-36(28)43-30/h8-11,13,18-20,22,26,32-34H,12,14,17H2,1-7H3,(H,48,49). The number of benzene rings is 2. The Morgan fingerprint density at radius 2 is 1.71 bits per heavy atom. The fraction of sp³-hybridized carbons (Fsp3) is 0.474. The second kappa shape index (κ2) is 13.4. The van der Waals surface area contributed by atoms with Gasteiger partial charge < -0.3 is 14.7 Å². The highest BCUT2D eigenvalue weighted by atomic mass is 32.2. The molecule has 2 bridgehead atoms. The van der Waals surface area contributed by atoms with E-state index in [1.807, 2.05) is 0 Å². The Labute approximate surface area is 305 Å². The van der Waals surface area contributed by atoms with Crippen LogP contribution >= 0.6 is 11.8 Å². The molecule has 274 valence electrons. The van der Waals surface area contributed by atoms with Crippen molar-refractivity contribution in [2.45, 2.75) is 107 Å². The van der Waals surface area contributed by atoms with Gasteiger partial charge in [0.25, 0.3) is 6.43 Å². The van der Waals surface area contributed by atoms with Crippen LogP contribution < -0.4 is 9.64 Å². The summed E-state index contributed by atoms with van der Waals surface area (Å²) in [6.45, 7) is 13.1. The Hall–Kier alpha value is -4.09. The maximum absolute atomic E-state index is 17.2. The van der Waals surface area contributed by atoms with Gasteiger partial charge in [0, 0.05) is 17.5 Å². The number of halogens is 4. The van der Waals surface area contributed by atoms with Crippen LogP contribution in [0.3, 0.4) is 0 Å². The van der Waals surface area contributed by atoms with Gasteiger partial charge >= 0.3 is 6.09 Å². The number of alkyl halides is 2. The van der Waals surface area contributed by atoms with E-state index < -0.39 is 56.5 Å². The lowest BCUT2D eigenvalue weighted by molar-refractivity contribution is -0.0268. The van der Waals surface area contributed by atoms with E-state index in [-0.39, 0.29) is 67.7 Å². The molecule has 4 aromatic rings. The number of hydrogen-bond acceptors (Lipinski definition) is 7. The molecule has 0 spiro atoms. The van der Waals surface area contributed by atoms with Gasteiger partial charge in [0.15, 0.2) is 17.1 Å². The number of carboxylic acid groups (broad SMARTS) is 1. The highest BCUT2D eigenvalue weighted by Crippen LogP contribution is 2.48. The lowest BCUT2D eigenvalue weighted by Crippen LogP contribution is -2.66. The molecule has 3 aliphatic rings. The van der Waals surface area contributed by atoms with Crippen molar-refractivity contribution in [1.82, 2.24) is 19.9 Å². The van der Waals surface area contributed by atoms with E-state index in [2.05, 4.69) is 68.0 Å². The van der Waals surface area contributed by atoms with Crippen LogP contribution in [0.4, 0.5) is 28.2 Å². The smallest absolute Gasteiger partial charge is 0.407 e. The van der Waals surface area contributed by atoms with Crippen molar-refractivity contribution in [3.05, 3.63) is 47.5 Å². The fourth-order valence-electron chi connectivity index (χ4n) is 9.25. The van der Waals surface area contributed by atoms with Gasteiger partial charge in [-0.15, -0.1) is 5.54 Å². The molecule has 52 heavy (non-hydrogen) atoms. The molecule has 2 aromatic carbocycles. The molecular formula is C38H41F4N5O3SSi. The van der Waals surface area contributed by atoms with Crippen LogP contribution in [0.25, 0.3) is 32.9 Å². The van der Waals surface area contributed by atoms with Crippen molar-refractivity contribution < 1.29 is 32.2 Å². The largest absolute Gasteiger partial charge is 0.465 e. The molecule has 8 nitrogen and oxygen atoms in total. The van der Waals surface area contributed by atoms with Crippen LogP contribution in [-0.2, 0) is 0 Å². The number of pyridine rings is 1. The van der Waals surface area contributed by atoms with Gasteiger partial charge in [0.2, 0.25) is 5.88 Å². The highest BCUT2D eigenvalue weighted by molar-refractivity contribution is 7.98. The van der Waals surface area contributed by atoms with E-state index in [0.717, 1.165) is 11.8 Å². The second-order valence-electron chi connectivity index (χ2n) is 14.9. The SMILES string of the molecule is CSc1nc2c3c(nc(-c4cccc5ccc(F)c(C#C[Si](C(C)C)(C(C)C)C(C)C)c45)c(F)c3n1)OC(C(F)F)C1C3CCC(CN21)N3C(=O)O. The lowest BCUT2D eigenvalue weighted by atomic mass is 9.96. The predicted octanol–water partition coefficient (Wildman–Crippen LogP) is 9.14. The number of thioether (sulfide) groups is 1. The Bertz CT molecular complexity index is 2140. The normalized spacial score (nSPS) is 21.2. The molecule has 4 unspecified atom stereocenters. The van der Waals surface area contributed by atoms with Gasteiger partial charge in [-0.1, -0.05) is 83.5 Å². The number of hydrogen-bond donors (Lipinski definition) is 1. The molecule has 0 aliphatic carbocycles. The van der Waals surface area contributed by atoms with Crippen molar-refractivity contribution in [2.75, 3.05) is 17.7 Å². The van der Waals surface area contributed by atoms with Crippen molar-refractivity contribution in [3.8, 4) is 28.6 Å². The molecule has 4 atom stereocenters. The van der Waals surface area contributed by atoms with E-state index in [4.69, 9.17) is 4.74 Å². The molecule has 7 rings (SSSR count). The van der Waals surface area contributed by atoms with E-state index in [9.17, 15) is 9.90 Å². The first-order valence-electron chi connectivity index (χ1n) is 17.6. The van der Waals surface area contributed by atoms with Crippen LogP contribution in [0.15, 0.2) is 35.5 Å². The summed E-state index contributed by atoms with van der Waals surface area (Å²) in [6, 6.07) is 5.65. The third-order valence-electron chi connectivity index (χ3n) is 11.4. The Kier molecular flexibility index (Phi) is 9.34. The summed E-state index contributed by atoms with van der Waals surface area (Å²) in [5.41, 5.74) is 4.34. The van der Waals surface area contributed by atoms with Gasteiger partial charge in [-0.25, -0.2) is 37.3 Å². The third-order valence-corrected chi connectivity index (χ3v) is 18.3. The third kappa shape index (κ3) is 5.49. The minimum Gasteiger partial charge on any atom is -0.465 e. The van der Waals surface area contributed by atoms with Crippen molar-refractivity contribution >= 4 is 53.4 Å². The molecule has 2 saturated heterocycles. The fourth-order valence-corrected chi connectivity index (χ4v) is 14.8. The van der Waals surface area contributed by atoms with Gasteiger partial charge in [0.05, 0.1) is 23.7 Å². The molecule has 0 radical (unpaired) electrons. The van der Waals surface area contributed by atoms with Gasteiger partial charge in [-0.3, -0.25) is 4.90 Å². The number of aromatic nitrogens is 3. The second-order valence-corrected chi connectivity index (χ2v) is 21.2. The summed E-state index contributed by atoms with van der Waals surface area (Å²) in [7, 11) is -2.32. The topological polar surface area (TPSA) is 91.7 Å². The maximum Gasteiger partial charge on any atom is 0.407 e. The average molecular weight is 752 g/mol. The predicted molar refractivity (Wildman–Crippen MR) is 198 cm³/mol. The van der Waals surface area contributed by atoms with E-state index in [1.165, 1.54) is 11.0 Å². The summed E-state index contributed by atoms with van der Waals surface area (Å²) in [5, 5.41) is 11.2. The zero-order chi connectivity index (χ0) is 37.4. The summed E-state index contributed by atoms with van der Waals surface area (Å²) in [5.74, 6) is 1.71. The van der Waals surface area contributed by atoms with Crippen molar-refractivity contribution in [3.63, 3.8) is 0 Å². The minimum atomic E-state index is -3.05. The van der Waals surface area contributed by atoms with Crippen LogP contribution in [0.1, 0.15) is 59.9 Å². The number of carbonyl (C=O) groups is 1. The van der Waals surface area contributed by atoms with Crippen LogP contribution in [0.5, 0.6) is 5.88 Å². The van der Waals surface area contributed by atoms with Gasteiger partial charge in [0.1, 0.15) is 36.3 Å². The summed E-state index contributed by atoms with van der Waals surface area (Å²) in [6.07, 6.45) is -3.49. The number of ether oxygens (including phenoxy) is 1. The molecular weight excluding hydrogens is 711 g/mol. The van der Waals surface area contributed by atoms with Crippen LogP contribution in [-0.4, -0.2) is 82.6 Å². The Morgan fingerprint density at radius 3 is 2.35 bits per heavy atom. The first-order valence-corrected chi connectivity index (χ1v) is 21.1. The number of piperazine rings is 1. The molecule has 14 heteroatoms. The minimum absolute atomic E-state index is 0.0309. The molecule has 5 heterocycles. The lowest BCUT2D eigenvalue weighted by Gasteiger charge is -2.47. The number of amides is 1. The average Bonchev–Trinajstić information content (AvgIpc) is 3.34. The molecule has 0 saturated carbocycles. The first-order chi connectivity index (χ1) is 24.7. The summed E-state index contributed by atoms with van der Waals surface area (Å²) in [4.78, 5) is 29.0. The van der Waals surface area contributed by atoms with E-state index in [0.29, 0.717) is 23.6 Å². The van der Waals surface area contributed by atoms with E-state index >= 15 is 17.6 Å². The number of rotatable bonds is 6. The van der Waals surface area contributed by atoms with Crippen LogP contribution in [0.2, 0.25) is 16.6 Å². The first kappa shape index (κ1) is 36.3. The number of nitrogens with zero attached hydrogens (tertiary/aromatic N) is 5. The van der Waals surface area contributed by atoms with Crippen molar-refractivity contribution in [2.24, 2.45) is 0 Å². The van der Waals surface area contributed by atoms with Crippen molar-refractivity contribution in [1.29, 1.82) is 0 Å². The zero-order valence-corrected chi connectivity index (χ0v) is 31.9. The Morgan fingerprint density at radius 1 is 1.00 bits per heavy atom. The van der Waals surface area contributed by atoms with Crippen LogP contribution in [0, 0.1) is 23.1 Å². The Balaban J connectivity index is 1.50. The molecule has 1 amide bonds. The quantitative estimate of drug-likeness (QED) is 0.0686. The number of anilines is 1. The molecule has 1 N–H and O–H groups in total. The van der Waals surface area contributed by atoms with Gasteiger partial charge in [-0.05, 0) is 47.2 Å². The maximum atomic E-state index is 17.2. The van der Waals surface area contributed by atoms with Gasteiger partial charge in [-0.2, -0.15) is 0 Å². The monoisotopic (exact) mass is 751 g/mol. The summed E-state index contributed by atoms with van der Waals surface area (Å²) >= 11 is 1.16. The highest BCUT2D eigenvalue weighted by Gasteiger charge is 2.56. The molecule has 3 aliphatic heterocycles. The van der Waals surface area contributed by atoms with E-state index in [1.54, 1.807) is 35.4 Å². The molecule has 2 fully saturated rings.